The molecule has 0 spiro atoms. The van der Waals surface area contributed by atoms with Gasteiger partial charge in [-0.3, -0.25) is 9.59 Å². The molecule has 0 saturated carbocycles. The van der Waals surface area contributed by atoms with Crippen molar-refractivity contribution >= 4 is 17.2 Å². The third-order valence-electron chi connectivity index (χ3n) is 5.36. The molecular formula is C22H21N3O4S. The van der Waals surface area contributed by atoms with Crippen LogP contribution in [-0.2, 0) is 24.3 Å². The summed E-state index contributed by atoms with van der Waals surface area (Å²) in [4.78, 5) is 28.3. The number of ether oxygens (including phenoxy) is 2. The molecule has 0 saturated heterocycles. The van der Waals surface area contributed by atoms with Gasteiger partial charge in [-0.1, -0.05) is 0 Å². The molecule has 2 aliphatic heterocycles. The predicted octanol–water partition coefficient (Wildman–Crippen LogP) is 2.72. The third-order valence-corrected chi connectivity index (χ3v) is 6.38. The largest absolute Gasteiger partial charge is 0.490 e. The van der Waals surface area contributed by atoms with Gasteiger partial charge in [0.1, 0.15) is 6.54 Å². The van der Waals surface area contributed by atoms with Gasteiger partial charge in [0.2, 0.25) is 5.91 Å². The Bertz CT molecular complexity index is 1150. The van der Waals surface area contributed by atoms with E-state index in [0.717, 1.165) is 18.4 Å². The van der Waals surface area contributed by atoms with E-state index in [-0.39, 0.29) is 18.0 Å². The van der Waals surface area contributed by atoms with Crippen molar-refractivity contribution in [1.82, 2.24) is 14.7 Å². The Labute approximate surface area is 177 Å². The molecule has 154 valence electrons. The monoisotopic (exact) mass is 423 g/mol. The molecule has 4 heterocycles. The van der Waals surface area contributed by atoms with Crippen molar-refractivity contribution in [3.63, 3.8) is 0 Å². The summed E-state index contributed by atoms with van der Waals surface area (Å²) in [6, 6.07) is 10.8. The highest BCUT2D eigenvalue weighted by Crippen LogP contribution is 2.33. The fourth-order valence-corrected chi connectivity index (χ4v) is 4.62. The first-order chi connectivity index (χ1) is 14.7. The van der Waals surface area contributed by atoms with Gasteiger partial charge in [0, 0.05) is 36.0 Å². The number of carbonyl (C=O) groups excluding carboxylic acids is 1. The van der Waals surface area contributed by atoms with Crippen LogP contribution in [0.15, 0.2) is 46.6 Å². The molecule has 0 fully saturated rings. The Balaban J connectivity index is 1.37. The summed E-state index contributed by atoms with van der Waals surface area (Å²) in [5.74, 6) is 1.27. The van der Waals surface area contributed by atoms with Crippen LogP contribution in [0.2, 0.25) is 0 Å². The average Bonchev–Trinajstić information content (AvgIpc) is 3.11. The molecule has 30 heavy (non-hydrogen) atoms. The van der Waals surface area contributed by atoms with Gasteiger partial charge in [0.15, 0.2) is 11.5 Å². The van der Waals surface area contributed by atoms with Crippen molar-refractivity contribution in [2.24, 2.45) is 0 Å². The van der Waals surface area contributed by atoms with Crippen molar-refractivity contribution in [1.29, 1.82) is 0 Å². The Kier molecular flexibility index (Phi) is 5.00. The first kappa shape index (κ1) is 18.9. The number of carbonyl (C=O) groups is 1. The molecule has 0 bridgehead atoms. The van der Waals surface area contributed by atoms with Crippen LogP contribution in [-0.4, -0.2) is 40.3 Å². The van der Waals surface area contributed by atoms with E-state index >= 15 is 0 Å². The smallest absolute Gasteiger partial charge is 0.267 e. The van der Waals surface area contributed by atoms with E-state index in [4.69, 9.17) is 9.47 Å². The lowest BCUT2D eigenvalue weighted by molar-refractivity contribution is -0.133. The highest BCUT2D eigenvalue weighted by molar-refractivity contribution is 7.10. The molecule has 5 rings (SSSR count). The van der Waals surface area contributed by atoms with E-state index in [1.54, 1.807) is 22.3 Å². The molecule has 0 N–H and O–H groups in total. The van der Waals surface area contributed by atoms with Crippen LogP contribution < -0.4 is 15.0 Å². The third kappa shape index (κ3) is 3.70. The first-order valence-corrected chi connectivity index (χ1v) is 10.9. The summed E-state index contributed by atoms with van der Waals surface area (Å²) in [6.07, 6.45) is 1.69. The molecule has 0 unspecified atom stereocenters. The van der Waals surface area contributed by atoms with Gasteiger partial charge in [-0.2, -0.15) is 5.10 Å². The minimum atomic E-state index is -0.297. The number of aromatic nitrogens is 2. The first-order valence-electron chi connectivity index (χ1n) is 9.98. The number of thiophene rings is 1. The topological polar surface area (TPSA) is 73.7 Å². The maximum Gasteiger partial charge on any atom is 0.267 e. The fraction of sp³-hybridized carbons (Fsp3) is 0.318. The summed E-state index contributed by atoms with van der Waals surface area (Å²) in [5, 5.41) is 6.51. The van der Waals surface area contributed by atoms with Gasteiger partial charge in [-0.05, 0) is 47.7 Å². The molecule has 0 aliphatic carbocycles. The summed E-state index contributed by atoms with van der Waals surface area (Å²) < 4.78 is 12.7. The lowest BCUT2D eigenvalue weighted by Gasteiger charge is -2.27. The van der Waals surface area contributed by atoms with E-state index in [2.05, 4.69) is 16.5 Å². The van der Waals surface area contributed by atoms with Crippen LogP contribution in [0.1, 0.15) is 16.9 Å². The number of amides is 1. The average molecular weight is 423 g/mol. The Morgan fingerprint density at radius 3 is 2.87 bits per heavy atom. The molecule has 2 aromatic heterocycles. The molecule has 0 radical (unpaired) electrons. The van der Waals surface area contributed by atoms with Gasteiger partial charge < -0.3 is 14.4 Å². The number of fused-ring (bicyclic) bond motifs is 2. The van der Waals surface area contributed by atoms with Gasteiger partial charge in [0.25, 0.3) is 5.56 Å². The fourth-order valence-electron chi connectivity index (χ4n) is 3.73. The number of hydrogen-bond acceptors (Lipinski definition) is 6. The maximum absolute atomic E-state index is 12.8. The lowest BCUT2D eigenvalue weighted by Crippen LogP contribution is -2.39. The summed E-state index contributed by atoms with van der Waals surface area (Å²) in [7, 11) is 0. The summed E-state index contributed by atoms with van der Waals surface area (Å²) in [6.45, 7) is 2.41. The van der Waals surface area contributed by atoms with Gasteiger partial charge in [0.05, 0.1) is 18.9 Å². The highest BCUT2D eigenvalue weighted by atomic mass is 32.1. The molecule has 7 nitrogen and oxygen atoms in total. The van der Waals surface area contributed by atoms with Crippen molar-refractivity contribution in [2.75, 3.05) is 19.8 Å². The SMILES string of the molecule is O=C(Cn1nc(-c2ccc3c(c2)OCCCO3)ccc1=O)N1CCc2sccc2C1. The second-order valence-corrected chi connectivity index (χ2v) is 8.36. The predicted molar refractivity (Wildman–Crippen MR) is 113 cm³/mol. The van der Waals surface area contributed by atoms with Crippen LogP contribution in [0.3, 0.4) is 0 Å². The molecule has 3 aromatic rings. The van der Waals surface area contributed by atoms with Crippen molar-refractivity contribution < 1.29 is 14.3 Å². The molecule has 1 amide bonds. The zero-order chi connectivity index (χ0) is 20.5. The van der Waals surface area contributed by atoms with E-state index < -0.39 is 0 Å². The molecule has 8 heteroatoms. The van der Waals surface area contributed by atoms with E-state index in [1.165, 1.54) is 21.2 Å². The number of rotatable bonds is 3. The zero-order valence-corrected chi connectivity index (χ0v) is 17.2. The lowest BCUT2D eigenvalue weighted by atomic mass is 10.1. The Morgan fingerprint density at radius 2 is 1.97 bits per heavy atom. The number of hydrogen-bond donors (Lipinski definition) is 0. The summed E-state index contributed by atoms with van der Waals surface area (Å²) in [5.41, 5.74) is 2.31. The molecular weight excluding hydrogens is 402 g/mol. The van der Waals surface area contributed by atoms with E-state index in [9.17, 15) is 9.59 Å². The van der Waals surface area contributed by atoms with Crippen LogP contribution in [0, 0.1) is 0 Å². The van der Waals surface area contributed by atoms with Crippen LogP contribution in [0.25, 0.3) is 11.3 Å². The van der Waals surface area contributed by atoms with Crippen LogP contribution in [0.4, 0.5) is 0 Å². The van der Waals surface area contributed by atoms with E-state index in [1.807, 2.05) is 18.2 Å². The normalized spacial score (nSPS) is 15.4. The van der Waals surface area contributed by atoms with E-state index in [0.29, 0.717) is 43.5 Å². The summed E-state index contributed by atoms with van der Waals surface area (Å²) >= 11 is 1.73. The Hall–Kier alpha value is -3.13. The molecule has 0 atom stereocenters. The standard InChI is InChI=1S/C22H21N3O4S/c26-21-5-3-17(15-2-4-18-19(12-15)29-10-1-9-28-18)23-25(21)14-22(27)24-8-6-20-16(13-24)7-11-30-20/h2-5,7,11-12H,1,6,8-10,13-14H2. The quantitative estimate of drug-likeness (QED) is 0.648. The molecule has 2 aliphatic rings. The van der Waals surface area contributed by atoms with Crippen LogP contribution in [0.5, 0.6) is 11.5 Å². The van der Waals surface area contributed by atoms with Crippen molar-refractivity contribution in [3.05, 3.63) is 62.6 Å². The van der Waals surface area contributed by atoms with Crippen molar-refractivity contribution in [3.8, 4) is 22.8 Å². The minimum absolute atomic E-state index is 0.0727. The Morgan fingerprint density at radius 1 is 1.10 bits per heavy atom. The second-order valence-electron chi connectivity index (χ2n) is 7.36. The number of benzene rings is 1. The van der Waals surface area contributed by atoms with Gasteiger partial charge in [-0.25, -0.2) is 4.68 Å². The zero-order valence-electron chi connectivity index (χ0n) is 16.4. The van der Waals surface area contributed by atoms with Gasteiger partial charge >= 0.3 is 0 Å². The maximum atomic E-state index is 12.8. The molecule has 1 aromatic carbocycles. The second kappa shape index (κ2) is 7.95. The van der Waals surface area contributed by atoms with Crippen LogP contribution >= 0.6 is 11.3 Å². The van der Waals surface area contributed by atoms with Gasteiger partial charge in [-0.15, -0.1) is 11.3 Å². The van der Waals surface area contributed by atoms with Crippen molar-refractivity contribution in [2.45, 2.75) is 25.9 Å². The highest BCUT2D eigenvalue weighted by Gasteiger charge is 2.22. The number of nitrogens with zero attached hydrogens (tertiary/aromatic N) is 3. The minimum Gasteiger partial charge on any atom is -0.490 e.